The van der Waals surface area contributed by atoms with Crippen LogP contribution in [-0.4, -0.2) is 48.9 Å². The Labute approximate surface area is 107 Å². The third-order valence-corrected chi connectivity index (χ3v) is 3.98. The van der Waals surface area contributed by atoms with Gasteiger partial charge in [-0.2, -0.15) is 0 Å². The highest BCUT2D eigenvalue weighted by molar-refractivity contribution is 4.91. The lowest BCUT2D eigenvalue weighted by atomic mass is 9.98. The van der Waals surface area contributed by atoms with Crippen molar-refractivity contribution < 1.29 is 5.11 Å². The molecule has 1 atom stereocenters. The topological polar surface area (TPSA) is 67.1 Å². The van der Waals surface area contributed by atoms with Crippen LogP contribution in [0.1, 0.15) is 50.9 Å². The van der Waals surface area contributed by atoms with Gasteiger partial charge in [0, 0.05) is 6.54 Å². The van der Waals surface area contributed by atoms with Crippen LogP contribution in [0.3, 0.4) is 0 Å². The molecule has 0 aromatic carbocycles. The predicted molar refractivity (Wildman–Crippen MR) is 65.8 cm³/mol. The molecule has 1 N–H and O–H groups in total. The average molecular weight is 251 g/mol. The van der Waals surface area contributed by atoms with E-state index in [0.29, 0.717) is 6.04 Å². The Bertz CT molecular complexity index is 412. The van der Waals surface area contributed by atoms with Crippen molar-refractivity contribution in [1.29, 1.82) is 0 Å². The molecule has 2 heterocycles. The van der Waals surface area contributed by atoms with Crippen molar-refractivity contribution in [2.24, 2.45) is 0 Å². The first-order chi connectivity index (χ1) is 8.64. The Morgan fingerprint density at radius 1 is 1.33 bits per heavy atom. The first-order valence-corrected chi connectivity index (χ1v) is 6.85. The molecule has 6 heteroatoms. The van der Waals surface area contributed by atoms with Crippen LogP contribution in [0.15, 0.2) is 0 Å². The number of aliphatic hydroxyl groups is 1. The van der Waals surface area contributed by atoms with Gasteiger partial charge in [0.1, 0.15) is 0 Å². The maximum Gasteiger partial charge on any atom is 0.165 e. The van der Waals surface area contributed by atoms with E-state index in [0.717, 1.165) is 44.7 Å². The van der Waals surface area contributed by atoms with Crippen molar-refractivity contribution in [2.45, 2.75) is 57.2 Å². The Morgan fingerprint density at radius 3 is 2.94 bits per heavy atom. The van der Waals surface area contributed by atoms with E-state index in [9.17, 15) is 5.11 Å². The quantitative estimate of drug-likeness (QED) is 0.858. The Kier molecular flexibility index (Phi) is 3.07. The fourth-order valence-corrected chi connectivity index (χ4v) is 2.60. The fraction of sp³-hybridized carbons (Fsp3) is 0.917. The van der Waals surface area contributed by atoms with Crippen LogP contribution in [0, 0.1) is 0 Å². The van der Waals surface area contributed by atoms with Gasteiger partial charge in [-0.1, -0.05) is 0 Å². The van der Waals surface area contributed by atoms with Gasteiger partial charge in [-0.05, 0) is 56.0 Å². The molecule has 1 saturated carbocycles. The summed E-state index contributed by atoms with van der Waals surface area (Å²) in [7, 11) is 0. The van der Waals surface area contributed by atoms with Crippen molar-refractivity contribution in [2.75, 3.05) is 13.1 Å². The number of rotatable bonds is 3. The molecule has 0 amide bonds. The van der Waals surface area contributed by atoms with Gasteiger partial charge < -0.3 is 5.11 Å². The lowest BCUT2D eigenvalue weighted by Crippen LogP contribution is -2.29. The fourth-order valence-electron chi connectivity index (χ4n) is 2.60. The molecule has 6 nitrogen and oxygen atoms in total. The molecule has 1 aromatic rings. The molecule has 1 unspecified atom stereocenters. The van der Waals surface area contributed by atoms with Gasteiger partial charge in [-0.3, -0.25) is 4.90 Å². The maximum absolute atomic E-state index is 10.1. The molecule has 1 aromatic heterocycles. The highest BCUT2D eigenvalue weighted by Gasteiger charge is 2.29. The molecule has 0 bridgehead atoms. The second-order valence-corrected chi connectivity index (χ2v) is 5.90. The van der Waals surface area contributed by atoms with Crippen LogP contribution in [0.5, 0.6) is 0 Å². The first kappa shape index (κ1) is 12.0. The molecule has 1 aliphatic carbocycles. The highest BCUT2D eigenvalue weighted by atomic mass is 16.3. The van der Waals surface area contributed by atoms with Gasteiger partial charge in [0.2, 0.25) is 0 Å². The van der Waals surface area contributed by atoms with Crippen molar-refractivity contribution in [3.05, 3.63) is 5.82 Å². The van der Waals surface area contributed by atoms with E-state index in [2.05, 4.69) is 20.4 Å². The van der Waals surface area contributed by atoms with E-state index in [-0.39, 0.29) is 0 Å². The Balaban J connectivity index is 1.63. The van der Waals surface area contributed by atoms with Crippen molar-refractivity contribution >= 4 is 0 Å². The van der Waals surface area contributed by atoms with Gasteiger partial charge in [-0.15, -0.1) is 5.10 Å². The maximum atomic E-state index is 10.1. The predicted octanol–water partition coefficient (Wildman–Crippen LogP) is 0.745. The summed E-state index contributed by atoms with van der Waals surface area (Å²) in [6.45, 7) is 4.68. The Hall–Kier alpha value is -1.01. The lowest BCUT2D eigenvalue weighted by Gasteiger charge is -2.21. The first-order valence-electron chi connectivity index (χ1n) is 6.85. The summed E-state index contributed by atoms with van der Waals surface area (Å²) >= 11 is 0. The molecule has 2 aliphatic rings. The second kappa shape index (κ2) is 4.59. The summed E-state index contributed by atoms with van der Waals surface area (Å²) in [4.78, 5) is 2.35. The standard InChI is InChI=1S/C12H21N5O/c1-12(18)5-2-7-16(8-6-12)9-11-13-14-15-17(11)10-3-4-10/h10,18H,2-9H2,1H3. The Morgan fingerprint density at radius 2 is 2.17 bits per heavy atom. The number of tetrazole rings is 1. The molecule has 1 aliphatic heterocycles. The van der Waals surface area contributed by atoms with Crippen LogP contribution >= 0.6 is 0 Å². The van der Waals surface area contributed by atoms with Crippen molar-refractivity contribution in [3.8, 4) is 0 Å². The summed E-state index contributed by atoms with van der Waals surface area (Å²) in [6.07, 6.45) is 5.16. The molecular weight excluding hydrogens is 230 g/mol. The summed E-state index contributed by atoms with van der Waals surface area (Å²) in [5.74, 6) is 0.971. The van der Waals surface area contributed by atoms with Gasteiger partial charge in [0.15, 0.2) is 5.82 Å². The van der Waals surface area contributed by atoms with Gasteiger partial charge in [0.05, 0.1) is 18.2 Å². The average Bonchev–Trinajstić information content (AvgIpc) is 3.08. The molecular formula is C12H21N5O. The van der Waals surface area contributed by atoms with E-state index < -0.39 is 5.60 Å². The van der Waals surface area contributed by atoms with E-state index in [1.807, 2.05) is 11.6 Å². The number of nitrogens with zero attached hydrogens (tertiary/aromatic N) is 5. The summed E-state index contributed by atoms with van der Waals surface area (Å²) in [6, 6.07) is 0.532. The third-order valence-electron chi connectivity index (χ3n) is 3.98. The van der Waals surface area contributed by atoms with Crippen LogP contribution < -0.4 is 0 Å². The van der Waals surface area contributed by atoms with E-state index in [1.165, 1.54) is 12.8 Å². The minimum atomic E-state index is -0.503. The molecule has 3 rings (SSSR count). The zero-order valence-corrected chi connectivity index (χ0v) is 10.9. The van der Waals surface area contributed by atoms with Crippen LogP contribution in [0.2, 0.25) is 0 Å². The molecule has 0 spiro atoms. The van der Waals surface area contributed by atoms with E-state index in [1.54, 1.807) is 0 Å². The zero-order chi connectivity index (χ0) is 12.6. The SMILES string of the molecule is CC1(O)CCCN(Cc2nnnn2C2CC2)CC1. The monoisotopic (exact) mass is 251 g/mol. The van der Waals surface area contributed by atoms with Crippen LogP contribution in [-0.2, 0) is 6.54 Å². The van der Waals surface area contributed by atoms with E-state index in [4.69, 9.17) is 0 Å². The third kappa shape index (κ3) is 2.70. The largest absolute Gasteiger partial charge is 0.390 e. The number of likely N-dealkylation sites (tertiary alicyclic amines) is 1. The van der Waals surface area contributed by atoms with Gasteiger partial charge >= 0.3 is 0 Å². The van der Waals surface area contributed by atoms with Crippen molar-refractivity contribution in [1.82, 2.24) is 25.1 Å². The summed E-state index contributed by atoms with van der Waals surface area (Å²) < 4.78 is 1.98. The molecule has 2 fully saturated rings. The van der Waals surface area contributed by atoms with Gasteiger partial charge in [0.25, 0.3) is 0 Å². The summed E-state index contributed by atoms with van der Waals surface area (Å²) in [5, 5.41) is 22.1. The molecule has 0 radical (unpaired) electrons. The lowest BCUT2D eigenvalue weighted by molar-refractivity contribution is 0.0443. The van der Waals surface area contributed by atoms with E-state index >= 15 is 0 Å². The molecule has 100 valence electrons. The summed E-state index contributed by atoms with van der Waals surface area (Å²) in [5.41, 5.74) is -0.503. The minimum Gasteiger partial charge on any atom is -0.390 e. The number of hydrogen-bond donors (Lipinski definition) is 1. The van der Waals surface area contributed by atoms with Gasteiger partial charge in [-0.25, -0.2) is 4.68 Å². The zero-order valence-electron chi connectivity index (χ0n) is 10.9. The normalized spacial score (nSPS) is 30.3. The smallest absolute Gasteiger partial charge is 0.165 e. The van der Waals surface area contributed by atoms with Crippen LogP contribution in [0.25, 0.3) is 0 Å². The highest BCUT2D eigenvalue weighted by Crippen LogP contribution is 2.34. The molecule has 18 heavy (non-hydrogen) atoms. The van der Waals surface area contributed by atoms with Crippen LogP contribution in [0.4, 0.5) is 0 Å². The minimum absolute atomic E-state index is 0.503. The number of hydrogen-bond acceptors (Lipinski definition) is 5. The van der Waals surface area contributed by atoms with Crippen molar-refractivity contribution in [3.63, 3.8) is 0 Å². The number of aromatic nitrogens is 4. The second-order valence-electron chi connectivity index (χ2n) is 5.90. The molecule has 1 saturated heterocycles.